The van der Waals surface area contributed by atoms with Gasteiger partial charge in [0.15, 0.2) is 0 Å². The lowest BCUT2D eigenvalue weighted by molar-refractivity contribution is 0.0855. The Balaban J connectivity index is 3.52. The average molecular weight is 161 g/mol. The fourth-order valence-corrected chi connectivity index (χ4v) is 0.587. The van der Waals surface area contributed by atoms with Crippen molar-refractivity contribution in [1.82, 2.24) is 5.32 Å². The number of alkyl halides is 1. The molecule has 0 aliphatic carbocycles. The highest BCUT2D eigenvalue weighted by atomic mass is 19.1. The summed E-state index contributed by atoms with van der Waals surface area (Å²) in [7, 11) is 2.03. The third kappa shape index (κ3) is 5.21. The number of hydrogen-bond donors (Lipinski definition) is 2. The minimum Gasteiger partial charge on any atom is -0.393 e. The largest absolute Gasteiger partial charge is 0.393 e. The number of rotatable bonds is 5. The summed E-state index contributed by atoms with van der Waals surface area (Å²) in [5.74, 6) is 0. The SMILES string of the molecule is BCC(C)NCC(C)(F)CO. The third-order valence-corrected chi connectivity index (χ3v) is 1.76. The molecule has 2 unspecified atom stereocenters. The molecule has 11 heavy (non-hydrogen) atoms. The van der Waals surface area contributed by atoms with Gasteiger partial charge in [-0.05, 0) is 13.0 Å². The van der Waals surface area contributed by atoms with Crippen LogP contribution in [-0.4, -0.2) is 37.8 Å². The zero-order chi connectivity index (χ0) is 8.91. The molecule has 0 aromatic heterocycles. The molecule has 0 aliphatic heterocycles. The second kappa shape index (κ2) is 4.72. The van der Waals surface area contributed by atoms with Gasteiger partial charge in [0.05, 0.1) is 6.61 Å². The molecule has 0 heterocycles. The lowest BCUT2D eigenvalue weighted by Gasteiger charge is -2.20. The first-order valence-corrected chi connectivity index (χ1v) is 4.05. The van der Waals surface area contributed by atoms with E-state index in [2.05, 4.69) is 5.32 Å². The third-order valence-electron chi connectivity index (χ3n) is 1.76. The van der Waals surface area contributed by atoms with Crippen LogP contribution < -0.4 is 5.32 Å². The second-order valence-electron chi connectivity index (χ2n) is 3.26. The number of nitrogens with one attached hydrogen (secondary N) is 1. The van der Waals surface area contributed by atoms with Crippen molar-refractivity contribution in [3.8, 4) is 0 Å². The monoisotopic (exact) mass is 161 g/mol. The highest BCUT2D eigenvalue weighted by Gasteiger charge is 2.21. The smallest absolute Gasteiger partial charge is 0.143 e. The van der Waals surface area contributed by atoms with Crippen molar-refractivity contribution in [2.24, 2.45) is 0 Å². The summed E-state index contributed by atoms with van der Waals surface area (Å²) in [6.07, 6.45) is 0.974. The molecule has 2 nitrogen and oxygen atoms in total. The van der Waals surface area contributed by atoms with Crippen LogP contribution in [0.15, 0.2) is 0 Å². The van der Waals surface area contributed by atoms with Crippen LogP contribution in [0, 0.1) is 0 Å². The molecule has 4 heteroatoms. The number of aliphatic hydroxyl groups excluding tert-OH is 1. The zero-order valence-corrected chi connectivity index (χ0v) is 7.52. The maximum absolute atomic E-state index is 13.0. The van der Waals surface area contributed by atoms with E-state index in [0.717, 1.165) is 6.32 Å². The van der Waals surface area contributed by atoms with Gasteiger partial charge in [-0.3, -0.25) is 0 Å². The zero-order valence-electron chi connectivity index (χ0n) is 7.52. The van der Waals surface area contributed by atoms with Gasteiger partial charge in [0.25, 0.3) is 0 Å². The molecule has 66 valence electrons. The fourth-order valence-electron chi connectivity index (χ4n) is 0.587. The maximum atomic E-state index is 13.0. The summed E-state index contributed by atoms with van der Waals surface area (Å²) in [5.41, 5.74) is -1.48. The van der Waals surface area contributed by atoms with E-state index >= 15 is 0 Å². The van der Waals surface area contributed by atoms with E-state index in [0.29, 0.717) is 6.04 Å². The molecule has 0 radical (unpaired) electrons. The summed E-state index contributed by atoms with van der Waals surface area (Å²) in [6.45, 7) is 3.19. The van der Waals surface area contributed by atoms with E-state index in [4.69, 9.17) is 5.11 Å². The van der Waals surface area contributed by atoms with Crippen LogP contribution in [-0.2, 0) is 0 Å². The molecule has 2 atom stereocenters. The normalized spacial score (nSPS) is 19.3. The van der Waals surface area contributed by atoms with E-state index in [9.17, 15) is 4.39 Å². The number of halogens is 1. The standard InChI is InChI=1S/C7H17BFNO/c1-6(3-8)10-4-7(2,9)5-11/h6,10-11H,3-5,8H2,1-2H3. The molecule has 2 N–H and O–H groups in total. The van der Waals surface area contributed by atoms with Crippen molar-refractivity contribution >= 4 is 7.85 Å². The van der Waals surface area contributed by atoms with Gasteiger partial charge in [0, 0.05) is 6.54 Å². The van der Waals surface area contributed by atoms with Gasteiger partial charge in [-0.1, -0.05) is 13.2 Å². The van der Waals surface area contributed by atoms with Crippen LogP contribution >= 0.6 is 0 Å². The minimum atomic E-state index is -1.48. The van der Waals surface area contributed by atoms with Crippen molar-refractivity contribution in [3.63, 3.8) is 0 Å². The Morgan fingerprint density at radius 1 is 1.73 bits per heavy atom. The topological polar surface area (TPSA) is 32.3 Å². The van der Waals surface area contributed by atoms with Crippen molar-refractivity contribution in [2.45, 2.75) is 31.9 Å². The molecule has 0 saturated carbocycles. The van der Waals surface area contributed by atoms with Gasteiger partial charge >= 0.3 is 0 Å². The lowest BCUT2D eigenvalue weighted by Crippen LogP contribution is -2.40. The Hall–Kier alpha value is -0.0851. The van der Waals surface area contributed by atoms with Crippen LogP contribution in [0.4, 0.5) is 4.39 Å². The van der Waals surface area contributed by atoms with Crippen LogP contribution in [0.2, 0.25) is 6.32 Å². The minimum absolute atomic E-state index is 0.221. The Kier molecular flexibility index (Phi) is 4.69. The van der Waals surface area contributed by atoms with Gasteiger partial charge in [-0.2, -0.15) is 0 Å². The Morgan fingerprint density at radius 2 is 2.27 bits per heavy atom. The van der Waals surface area contributed by atoms with Gasteiger partial charge in [0.2, 0.25) is 0 Å². The van der Waals surface area contributed by atoms with E-state index < -0.39 is 12.3 Å². The summed E-state index contributed by atoms with van der Waals surface area (Å²) in [6, 6.07) is 0.316. The molecule has 0 spiro atoms. The van der Waals surface area contributed by atoms with E-state index in [-0.39, 0.29) is 6.54 Å². The molecule has 0 aromatic rings. The Morgan fingerprint density at radius 3 is 2.64 bits per heavy atom. The van der Waals surface area contributed by atoms with Gasteiger partial charge < -0.3 is 10.4 Å². The highest BCUT2D eigenvalue weighted by molar-refractivity contribution is 6.08. The van der Waals surface area contributed by atoms with Gasteiger partial charge in [-0.15, -0.1) is 0 Å². The average Bonchev–Trinajstić information content (AvgIpc) is 2.00. The molecule has 0 saturated heterocycles. The first-order chi connectivity index (χ1) is 5.02. The molecule has 0 fully saturated rings. The first kappa shape index (κ1) is 10.9. The predicted molar refractivity (Wildman–Crippen MR) is 47.4 cm³/mol. The molecule has 0 aromatic carbocycles. The molecule has 0 aliphatic rings. The summed E-state index contributed by atoms with van der Waals surface area (Å²) >= 11 is 0. The van der Waals surface area contributed by atoms with Crippen molar-refractivity contribution in [1.29, 1.82) is 0 Å². The summed E-state index contributed by atoms with van der Waals surface area (Å²) in [4.78, 5) is 0. The van der Waals surface area contributed by atoms with Crippen LogP contribution in [0.3, 0.4) is 0 Å². The van der Waals surface area contributed by atoms with Crippen LogP contribution in [0.5, 0.6) is 0 Å². The van der Waals surface area contributed by atoms with Gasteiger partial charge in [0.1, 0.15) is 13.5 Å². The van der Waals surface area contributed by atoms with Crippen LogP contribution in [0.1, 0.15) is 13.8 Å². The number of hydrogen-bond acceptors (Lipinski definition) is 2. The molecular weight excluding hydrogens is 144 g/mol. The van der Waals surface area contributed by atoms with E-state index in [1.165, 1.54) is 6.92 Å². The maximum Gasteiger partial charge on any atom is 0.143 e. The Bertz CT molecular complexity index is 111. The molecular formula is C7H17BFNO. The van der Waals surface area contributed by atoms with Gasteiger partial charge in [-0.25, -0.2) is 4.39 Å². The quantitative estimate of drug-likeness (QED) is 0.544. The Labute approximate surface area is 68.6 Å². The summed E-state index contributed by atoms with van der Waals surface area (Å²) in [5, 5.41) is 11.6. The second-order valence-corrected chi connectivity index (χ2v) is 3.26. The van der Waals surface area contributed by atoms with E-state index in [1.807, 2.05) is 14.8 Å². The van der Waals surface area contributed by atoms with E-state index in [1.54, 1.807) is 0 Å². The van der Waals surface area contributed by atoms with Crippen LogP contribution in [0.25, 0.3) is 0 Å². The highest BCUT2D eigenvalue weighted by Crippen LogP contribution is 2.06. The molecule has 0 amide bonds. The fraction of sp³-hybridized carbons (Fsp3) is 1.00. The summed E-state index contributed by atoms with van der Waals surface area (Å²) < 4.78 is 13.0. The van der Waals surface area contributed by atoms with Crippen molar-refractivity contribution < 1.29 is 9.50 Å². The first-order valence-electron chi connectivity index (χ1n) is 4.05. The molecule has 0 bridgehead atoms. The number of aliphatic hydroxyl groups is 1. The van der Waals surface area contributed by atoms with Crippen molar-refractivity contribution in [3.05, 3.63) is 0 Å². The van der Waals surface area contributed by atoms with Crippen molar-refractivity contribution in [2.75, 3.05) is 13.2 Å². The molecule has 0 rings (SSSR count). The lowest BCUT2D eigenvalue weighted by atomic mass is 9.98. The predicted octanol–water partition coefficient (Wildman–Crippen LogP) is -0.264.